The van der Waals surface area contributed by atoms with E-state index in [0.717, 1.165) is 24.8 Å². The van der Waals surface area contributed by atoms with Crippen molar-refractivity contribution in [3.63, 3.8) is 0 Å². The minimum absolute atomic E-state index is 0. The van der Waals surface area contributed by atoms with Gasteiger partial charge >= 0.3 is 0 Å². The highest BCUT2D eigenvalue weighted by molar-refractivity contribution is 6.30. The van der Waals surface area contributed by atoms with E-state index in [2.05, 4.69) is 4.98 Å². The monoisotopic (exact) mass is 249 g/mol. The molecule has 0 aromatic carbocycles. The molecule has 0 aliphatic heterocycles. The van der Waals surface area contributed by atoms with Gasteiger partial charge in [-0.25, -0.2) is 4.98 Å². The minimum Gasteiger partial charge on any atom is -0.330 e. The topological polar surface area (TPSA) is 64.9 Å². The average molecular weight is 250 g/mol. The molecular weight excluding hydrogens is 233 g/mol. The number of nitrogens with zero attached hydrogens (tertiary/aromatic N) is 1. The third-order valence-corrected chi connectivity index (χ3v) is 2.47. The normalized spacial score (nSPS) is 11.9. The molecule has 15 heavy (non-hydrogen) atoms. The van der Waals surface area contributed by atoms with Crippen molar-refractivity contribution in [3.8, 4) is 0 Å². The van der Waals surface area contributed by atoms with Gasteiger partial charge in [-0.3, -0.25) is 0 Å². The highest BCUT2D eigenvalue weighted by atomic mass is 35.5. The quantitative estimate of drug-likeness (QED) is 0.622. The summed E-state index contributed by atoms with van der Waals surface area (Å²) in [5, 5.41) is 0.507. The largest absolute Gasteiger partial charge is 0.330 e. The third-order valence-electron chi connectivity index (χ3n) is 2.16. The van der Waals surface area contributed by atoms with Crippen LogP contribution in [0, 0.1) is 0 Å². The molecule has 0 aliphatic rings. The van der Waals surface area contributed by atoms with Gasteiger partial charge in [0, 0.05) is 17.8 Å². The first-order chi connectivity index (χ1) is 6.75. The van der Waals surface area contributed by atoms with Crippen LogP contribution in [0.15, 0.2) is 18.3 Å². The Hall–Kier alpha value is -0.350. The Morgan fingerprint density at radius 1 is 1.40 bits per heavy atom. The van der Waals surface area contributed by atoms with Crippen LogP contribution in [0.25, 0.3) is 0 Å². The molecule has 0 spiro atoms. The molecule has 0 saturated carbocycles. The summed E-state index contributed by atoms with van der Waals surface area (Å²) >= 11 is 5.92. The van der Waals surface area contributed by atoms with Gasteiger partial charge in [0.15, 0.2) is 0 Å². The molecule has 0 aliphatic carbocycles. The highest BCUT2D eigenvalue weighted by Crippen LogP contribution is 2.22. The van der Waals surface area contributed by atoms with Crippen molar-refractivity contribution in [3.05, 3.63) is 29.0 Å². The van der Waals surface area contributed by atoms with Crippen LogP contribution in [0.2, 0.25) is 5.15 Å². The van der Waals surface area contributed by atoms with E-state index in [1.165, 1.54) is 0 Å². The molecule has 1 heterocycles. The second kappa shape index (κ2) is 7.88. The Labute approximate surface area is 102 Å². The zero-order chi connectivity index (χ0) is 10.4. The molecule has 0 fully saturated rings. The molecule has 1 aromatic rings. The Morgan fingerprint density at radius 2 is 2.13 bits per heavy atom. The van der Waals surface area contributed by atoms with E-state index in [-0.39, 0.29) is 18.4 Å². The number of hydrogen-bond donors (Lipinski definition) is 2. The molecule has 86 valence electrons. The van der Waals surface area contributed by atoms with Crippen molar-refractivity contribution < 1.29 is 0 Å². The number of nitrogens with two attached hydrogens (primary N) is 2. The SMILES string of the molecule is Cl.NCCCC[C@@H](N)c1cccnc1Cl. The van der Waals surface area contributed by atoms with E-state index in [1.807, 2.05) is 12.1 Å². The summed E-state index contributed by atoms with van der Waals surface area (Å²) < 4.78 is 0. The van der Waals surface area contributed by atoms with E-state index in [9.17, 15) is 0 Å². The second-order valence-electron chi connectivity index (χ2n) is 3.27. The number of unbranched alkanes of at least 4 members (excludes halogenated alkanes) is 1. The molecule has 0 bridgehead atoms. The Bertz CT molecular complexity index is 281. The van der Waals surface area contributed by atoms with Crippen LogP contribution < -0.4 is 11.5 Å². The molecule has 0 radical (unpaired) electrons. The molecule has 1 aromatic heterocycles. The maximum absolute atomic E-state index is 5.97. The summed E-state index contributed by atoms with van der Waals surface area (Å²) in [5.74, 6) is 0. The van der Waals surface area contributed by atoms with Crippen molar-refractivity contribution in [1.29, 1.82) is 0 Å². The van der Waals surface area contributed by atoms with Gasteiger partial charge in [0.25, 0.3) is 0 Å². The van der Waals surface area contributed by atoms with Crippen LogP contribution >= 0.6 is 24.0 Å². The first kappa shape index (κ1) is 14.6. The van der Waals surface area contributed by atoms with Gasteiger partial charge in [-0.15, -0.1) is 12.4 Å². The first-order valence-electron chi connectivity index (χ1n) is 4.81. The van der Waals surface area contributed by atoms with Crippen molar-refractivity contribution in [1.82, 2.24) is 4.98 Å². The van der Waals surface area contributed by atoms with Gasteiger partial charge in [-0.2, -0.15) is 0 Å². The number of aromatic nitrogens is 1. The summed E-state index contributed by atoms with van der Waals surface area (Å²) in [6.45, 7) is 0.716. The van der Waals surface area contributed by atoms with Gasteiger partial charge in [0.05, 0.1) is 0 Å². The summed E-state index contributed by atoms with van der Waals surface area (Å²) in [4.78, 5) is 3.99. The Balaban J connectivity index is 0.00000196. The van der Waals surface area contributed by atoms with Crippen LogP contribution in [0.1, 0.15) is 30.9 Å². The van der Waals surface area contributed by atoms with Crippen LogP contribution in [0.4, 0.5) is 0 Å². The maximum atomic E-state index is 5.97. The maximum Gasteiger partial charge on any atom is 0.133 e. The van der Waals surface area contributed by atoms with E-state index in [0.29, 0.717) is 11.7 Å². The standard InChI is InChI=1S/C10H16ClN3.ClH/c11-10-8(4-3-7-14-10)9(13)5-1-2-6-12;/h3-4,7,9H,1-2,5-6,12-13H2;1H/t9-;/m1./s1. The van der Waals surface area contributed by atoms with E-state index < -0.39 is 0 Å². The van der Waals surface area contributed by atoms with Gasteiger partial charge in [-0.1, -0.05) is 24.1 Å². The fourth-order valence-electron chi connectivity index (χ4n) is 1.34. The van der Waals surface area contributed by atoms with Gasteiger partial charge in [0.1, 0.15) is 5.15 Å². The van der Waals surface area contributed by atoms with Crippen molar-refractivity contribution in [2.45, 2.75) is 25.3 Å². The van der Waals surface area contributed by atoms with Crippen molar-refractivity contribution >= 4 is 24.0 Å². The van der Waals surface area contributed by atoms with E-state index in [4.69, 9.17) is 23.1 Å². The molecule has 0 unspecified atom stereocenters. The smallest absolute Gasteiger partial charge is 0.133 e. The van der Waals surface area contributed by atoms with Crippen molar-refractivity contribution in [2.75, 3.05) is 6.54 Å². The zero-order valence-electron chi connectivity index (χ0n) is 8.53. The number of rotatable bonds is 5. The Morgan fingerprint density at radius 3 is 2.73 bits per heavy atom. The molecular formula is C10H17Cl2N3. The number of halogens is 2. The lowest BCUT2D eigenvalue weighted by molar-refractivity contribution is 0.590. The average Bonchev–Trinajstić information content (AvgIpc) is 2.18. The van der Waals surface area contributed by atoms with Gasteiger partial charge in [0.2, 0.25) is 0 Å². The van der Waals surface area contributed by atoms with Crippen molar-refractivity contribution in [2.24, 2.45) is 11.5 Å². The van der Waals surface area contributed by atoms with Gasteiger partial charge in [-0.05, 0) is 25.5 Å². The zero-order valence-corrected chi connectivity index (χ0v) is 10.1. The highest BCUT2D eigenvalue weighted by Gasteiger charge is 2.09. The summed E-state index contributed by atoms with van der Waals surface area (Å²) in [5.41, 5.74) is 12.3. The molecule has 0 amide bonds. The lowest BCUT2D eigenvalue weighted by Gasteiger charge is -2.12. The molecule has 4 N–H and O–H groups in total. The third kappa shape index (κ3) is 4.80. The fraction of sp³-hybridized carbons (Fsp3) is 0.500. The number of hydrogen-bond acceptors (Lipinski definition) is 3. The van der Waals surface area contributed by atoms with Crippen LogP contribution in [0.3, 0.4) is 0 Å². The minimum atomic E-state index is -0.0252. The summed E-state index contributed by atoms with van der Waals surface area (Å²) in [7, 11) is 0. The Kier molecular flexibility index (Phi) is 7.70. The number of pyridine rings is 1. The lowest BCUT2D eigenvalue weighted by Crippen LogP contribution is -2.12. The molecule has 1 rings (SSSR count). The van der Waals surface area contributed by atoms with E-state index in [1.54, 1.807) is 6.20 Å². The summed E-state index contributed by atoms with van der Waals surface area (Å²) in [6.07, 6.45) is 4.61. The fourth-order valence-corrected chi connectivity index (χ4v) is 1.60. The van der Waals surface area contributed by atoms with Gasteiger partial charge < -0.3 is 11.5 Å². The predicted octanol–water partition coefficient (Wildman–Crippen LogP) is 2.29. The van der Waals surface area contributed by atoms with Crippen LogP contribution in [-0.2, 0) is 0 Å². The molecule has 5 heteroatoms. The predicted molar refractivity (Wildman–Crippen MR) is 66.3 cm³/mol. The molecule has 1 atom stereocenters. The summed E-state index contributed by atoms with van der Waals surface area (Å²) in [6, 6.07) is 3.75. The van der Waals surface area contributed by atoms with Crippen LogP contribution in [0.5, 0.6) is 0 Å². The molecule has 3 nitrogen and oxygen atoms in total. The molecule has 0 saturated heterocycles. The lowest BCUT2D eigenvalue weighted by atomic mass is 10.0. The van der Waals surface area contributed by atoms with Crippen LogP contribution in [-0.4, -0.2) is 11.5 Å². The first-order valence-corrected chi connectivity index (χ1v) is 5.19. The van der Waals surface area contributed by atoms with E-state index >= 15 is 0 Å². The second-order valence-corrected chi connectivity index (χ2v) is 3.63.